The second kappa shape index (κ2) is 24.2. The van der Waals surface area contributed by atoms with Crippen molar-refractivity contribution in [2.45, 2.75) is 103 Å². The van der Waals surface area contributed by atoms with E-state index in [2.05, 4.69) is 13.5 Å². The van der Waals surface area contributed by atoms with Gasteiger partial charge in [-0.05, 0) is 12.8 Å². The maximum Gasteiger partial charge on any atom is 0.231 e. The molecule has 0 aromatic carbocycles. The van der Waals surface area contributed by atoms with Crippen LogP contribution in [0.25, 0.3) is 0 Å². The summed E-state index contributed by atoms with van der Waals surface area (Å²) in [6, 6.07) is 0. The molecule has 1 N–H and O–H groups in total. The van der Waals surface area contributed by atoms with E-state index in [4.69, 9.17) is 10.2 Å². The molecule has 0 aromatic rings. The fraction of sp³-hybridized carbons (Fsp3) is 0.842. The van der Waals surface area contributed by atoms with E-state index in [9.17, 15) is 0 Å². The third-order valence-corrected chi connectivity index (χ3v) is 3.76. The molecule has 0 bridgehead atoms. The van der Waals surface area contributed by atoms with Crippen molar-refractivity contribution < 1.29 is 4.79 Å². The first-order valence-electron chi connectivity index (χ1n) is 8.98. The first kappa shape index (κ1) is 22.4. The maximum atomic E-state index is 8.35. The van der Waals surface area contributed by atoms with Crippen LogP contribution in [0.1, 0.15) is 103 Å². The summed E-state index contributed by atoms with van der Waals surface area (Å²) in [5, 5.41) is 5.40. The molecule has 0 spiro atoms. The largest absolute Gasteiger partial charge is 0.231 e. The Balaban J connectivity index is 0. The maximum absolute atomic E-state index is 8.35. The topological polar surface area (TPSA) is 40.9 Å². The number of isocyanates is 1. The van der Waals surface area contributed by atoms with Gasteiger partial charge in [-0.2, -0.15) is 0 Å². The van der Waals surface area contributed by atoms with E-state index in [1.54, 1.807) is 0 Å². The van der Waals surface area contributed by atoms with Crippen LogP contribution in [-0.4, -0.2) is 6.08 Å². The highest BCUT2D eigenvalue weighted by Crippen LogP contribution is 2.13. The smallest absolute Gasteiger partial charge is 0.222 e. The number of allylic oxidation sites excluding steroid dienone is 1. The van der Waals surface area contributed by atoms with Gasteiger partial charge in [0.05, 0.1) is 0 Å². The van der Waals surface area contributed by atoms with E-state index >= 15 is 0 Å². The number of nitrogens with one attached hydrogen (secondary N) is 1. The molecular formula is C19H37NO. The molecule has 2 heteroatoms. The molecule has 0 rings (SSSR count). The Morgan fingerprint density at radius 1 is 0.762 bits per heavy atom. The lowest BCUT2D eigenvalue weighted by Gasteiger charge is -2.02. The van der Waals surface area contributed by atoms with Gasteiger partial charge in [-0.25, -0.2) is 10.2 Å². The minimum atomic E-state index is 0.750. The van der Waals surface area contributed by atoms with Crippen molar-refractivity contribution in [1.82, 2.24) is 0 Å². The monoisotopic (exact) mass is 295 g/mol. The normalized spacial score (nSPS) is 9.57. The molecule has 0 saturated heterocycles. The molecule has 0 aliphatic rings. The number of hydrogen-bond donors (Lipinski definition) is 1. The molecule has 124 valence electrons. The fourth-order valence-corrected chi connectivity index (χ4v) is 2.48. The number of carbonyl (C=O) groups excluding carboxylic acids is 1. The molecule has 0 saturated carbocycles. The van der Waals surface area contributed by atoms with E-state index in [1.165, 1.54) is 96.3 Å². The van der Waals surface area contributed by atoms with Gasteiger partial charge in [0.2, 0.25) is 6.08 Å². The zero-order valence-electron chi connectivity index (χ0n) is 14.3. The van der Waals surface area contributed by atoms with Gasteiger partial charge in [-0.3, -0.25) is 0 Å². The van der Waals surface area contributed by atoms with Crippen molar-refractivity contribution in [2.75, 3.05) is 0 Å². The fourth-order valence-electron chi connectivity index (χ4n) is 2.48. The Kier molecular flexibility index (Phi) is 25.8. The van der Waals surface area contributed by atoms with Crippen LogP contribution < -0.4 is 0 Å². The van der Waals surface area contributed by atoms with Gasteiger partial charge in [0.1, 0.15) is 0 Å². The van der Waals surface area contributed by atoms with Gasteiger partial charge in [-0.15, -0.1) is 6.58 Å². The number of unbranched alkanes of at least 4 members (excludes halogenated alkanes) is 14. The summed E-state index contributed by atoms with van der Waals surface area (Å²) in [6.07, 6.45) is 24.2. The predicted octanol–water partition coefficient (Wildman–Crippen LogP) is 6.94. The van der Waals surface area contributed by atoms with Crippen molar-refractivity contribution in [3.63, 3.8) is 0 Å². The van der Waals surface area contributed by atoms with Crippen molar-refractivity contribution >= 4 is 6.08 Å². The standard InChI is InChI=1S/C18H36.CHNO/c1-3-5-7-9-11-13-15-17-18-16-14-12-10-8-6-4-2;2-1-3/h3H,1,4-18H2,2H3;2H. The lowest BCUT2D eigenvalue weighted by molar-refractivity contribution is 0.536. The predicted molar refractivity (Wildman–Crippen MR) is 93.5 cm³/mol. The van der Waals surface area contributed by atoms with Crippen LogP contribution in [0, 0.1) is 5.41 Å². The van der Waals surface area contributed by atoms with Gasteiger partial charge in [0.15, 0.2) is 0 Å². The van der Waals surface area contributed by atoms with Crippen molar-refractivity contribution in [3.8, 4) is 0 Å². The molecule has 0 amide bonds. The van der Waals surface area contributed by atoms with Crippen LogP contribution in [0.15, 0.2) is 12.7 Å². The van der Waals surface area contributed by atoms with E-state index in [0.717, 1.165) is 6.08 Å². The van der Waals surface area contributed by atoms with Crippen LogP contribution in [0.5, 0.6) is 0 Å². The Bertz CT molecular complexity index is 220. The molecule has 0 fully saturated rings. The molecule has 0 aliphatic heterocycles. The average molecular weight is 296 g/mol. The third-order valence-electron chi connectivity index (χ3n) is 3.76. The van der Waals surface area contributed by atoms with E-state index in [0.29, 0.717) is 0 Å². The molecular weight excluding hydrogens is 258 g/mol. The summed E-state index contributed by atoms with van der Waals surface area (Å²) in [4.78, 5) is 8.35. The molecule has 0 radical (unpaired) electrons. The molecule has 0 aliphatic carbocycles. The van der Waals surface area contributed by atoms with Gasteiger partial charge in [0, 0.05) is 0 Å². The summed E-state index contributed by atoms with van der Waals surface area (Å²) in [7, 11) is 0. The summed E-state index contributed by atoms with van der Waals surface area (Å²) < 4.78 is 0. The van der Waals surface area contributed by atoms with E-state index in [1.807, 2.05) is 6.08 Å². The van der Waals surface area contributed by atoms with Crippen molar-refractivity contribution in [1.29, 1.82) is 5.41 Å². The van der Waals surface area contributed by atoms with Gasteiger partial charge in [0.25, 0.3) is 0 Å². The van der Waals surface area contributed by atoms with Crippen LogP contribution in [0.4, 0.5) is 0 Å². The molecule has 21 heavy (non-hydrogen) atoms. The Morgan fingerprint density at radius 3 is 1.33 bits per heavy atom. The zero-order chi connectivity index (χ0) is 16.0. The van der Waals surface area contributed by atoms with Gasteiger partial charge < -0.3 is 0 Å². The minimum absolute atomic E-state index is 0.750. The number of hydrogen-bond acceptors (Lipinski definition) is 2. The minimum Gasteiger partial charge on any atom is -0.222 e. The highest BCUT2D eigenvalue weighted by atomic mass is 16.1. The summed E-state index contributed by atoms with van der Waals surface area (Å²) >= 11 is 0. The quantitative estimate of drug-likeness (QED) is 0.151. The van der Waals surface area contributed by atoms with Gasteiger partial charge in [-0.1, -0.05) is 96.5 Å². The zero-order valence-corrected chi connectivity index (χ0v) is 14.3. The highest BCUT2D eigenvalue weighted by molar-refractivity contribution is 5.26. The molecule has 0 unspecified atom stereocenters. The summed E-state index contributed by atoms with van der Waals surface area (Å²) in [5.41, 5.74) is 0. The van der Waals surface area contributed by atoms with Crippen molar-refractivity contribution in [2.24, 2.45) is 0 Å². The second-order valence-electron chi connectivity index (χ2n) is 5.78. The summed E-state index contributed by atoms with van der Waals surface area (Å²) in [5.74, 6) is 0. The summed E-state index contributed by atoms with van der Waals surface area (Å²) in [6.45, 7) is 6.05. The third kappa shape index (κ3) is 28.1. The Morgan fingerprint density at radius 2 is 1.05 bits per heavy atom. The van der Waals surface area contributed by atoms with Crippen molar-refractivity contribution in [3.05, 3.63) is 12.7 Å². The second-order valence-corrected chi connectivity index (χ2v) is 5.78. The van der Waals surface area contributed by atoms with Crippen LogP contribution in [0.3, 0.4) is 0 Å². The van der Waals surface area contributed by atoms with Crippen LogP contribution in [0.2, 0.25) is 0 Å². The average Bonchev–Trinajstić information content (AvgIpc) is 2.48. The Labute approximate surface area is 132 Å². The highest BCUT2D eigenvalue weighted by Gasteiger charge is 1.93. The van der Waals surface area contributed by atoms with Gasteiger partial charge >= 0.3 is 0 Å². The van der Waals surface area contributed by atoms with Crippen LogP contribution in [-0.2, 0) is 4.79 Å². The SMILES string of the molecule is C=CCCCCCCCCCCCCCCCC.N=C=O. The van der Waals surface area contributed by atoms with Crippen LogP contribution >= 0.6 is 0 Å². The first-order chi connectivity index (χ1) is 10.3. The number of rotatable bonds is 15. The lowest BCUT2D eigenvalue weighted by Crippen LogP contribution is -1.83. The first-order valence-corrected chi connectivity index (χ1v) is 8.98. The molecule has 2 nitrogen and oxygen atoms in total. The lowest BCUT2D eigenvalue weighted by atomic mass is 10.0. The molecule has 0 aromatic heterocycles. The molecule has 0 heterocycles. The molecule has 0 atom stereocenters. The van der Waals surface area contributed by atoms with E-state index < -0.39 is 0 Å². The Hall–Kier alpha value is -0.880. The van der Waals surface area contributed by atoms with E-state index in [-0.39, 0.29) is 0 Å².